The molecule has 4 aromatic rings. The van der Waals surface area contributed by atoms with Crippen molar-refractivity contribution in [2.45, 2.75) is 19.4 Å². The Labute approximate surface area is 169 Å². The van der Waals surface area contributed by atoms with Gasteiger partial charge in [0.05, 0.1) is 23.0 Å². The van der Waals surface area contributed by atoms with Crippen molar-refractivity contribution in [3.8, 4) is 0 Å². The van der Waals surface area contributed by atoms with Gasteiger partial charge >= 0.3 is 0 Å². The Kier molecular flexibility index (Phi) is 4.03. The van der Waals surface area contributed by atoms with E-state index in [1.807, 2.05) is 28.9 Å². The third-order valence-electron chi connectivity index (χ3n) is 4.84. The number of fused-ring (bicyclic) bond motifs is 2. The minimum absolute atomic E-state index is 0.444. The van der Waals surface area contributed by atoms with E-state index in [-0.39, 0.29) is 0 Å². The lowest BCUT2D eigenvalue weighted by atomic mass is 10.2. The topological polar surface area (TPSA) is 98.6 Å². The number of benzene rings is 1. The molecule has 0 bridgehead atoms. The predicted molar refractivity (Wildman–Crippen MR) is 113 cm³/mol. The average molecular weight is 472 g/mol. The summed E-state index contributed by atoms with van der Waals surface area (Å²) < 4.78 is 2.63. The molecule has 0 saturated carbocycles. The molecule has 2 N–H and O–H groups in total. The summed E-state index contributed by atoms with van der Waals surface area (Å²) in [6.45, 7) is 2.50. The van der Waals surface area contributed by atoms with Crippen molar-refractivity contribution in [2.75, 3.05) is 23.7 Å². The molecule has 4 heterocycles. The Morgan fingerprint density at radius 1 is 1.04 bits per heavy atom. The van der Waals surface area contributed by atoms with Gasteiger partial charge in [-0.1, -0.05) is 12.1 Å². The lowest BCUT2D eigenvalue weighted by Crippen LogP contribution is -2.22. The van der Waals surface area contributed by atoms with Crippen molar-refractivity contribution >= 4 is 56.3 Å². The van der Waals surface area contributed by atoms with Gasteiger partial charge in [-0.2, -0.15) is 5.10 Å². The third-order valence-corrected chi connectivity index (χ3v) is 5.60. The van der Waals surface area contributed by atoms with E-state index in [1.54, 1.807) is 0 Å². The molecule has 1 aromatic carbocycles. The number of halogens is 1. The maximum absolute atomic E-state index is 6.02. The van der Waals surface area contributed by atoms with Gasteiger partial charge in [0.1, 0.15) is 21.5 Å². The number of para-hydroxylation sites is 2. The van der Waals surface area contributed by atoms with E-state index in [9.17, 15) is 0 Å². The SMILES string of the molecule is Nc1ncnc2c1c(I)nn2Cc1nc2ccccc2nc1N1CCCC1. The zero-order chi connectivity index (χ0) is 18.4. The van der Waals surface area contributed by atoms with Crippen molar-refractivity contribution in [1.29, 1.82) is 0 Å². The summed E-state index contributed by atoms with van der Waals surface area (Å²) in [5, 5.41) is 5.41. The first-order valence-electron chi connectivity index (χ1n) is 8.84. The summed E-state index contributed by atoms with van der Waals surface area (Å²) in [5.74, 6) is 1.38. The summed E-state index contributed by atoms with van der Waals surface area (Å²) in [6, 6.07) is 7.97. The molecule has 1 saturated heterocycles. The van der Waals surface area contributed by atoms with E-state index >= 15 is 0 Å². The summed E-state index contributed by atoms with van der Waals surface area (Å²) >= 11 is 2.17. The molecule has 9 heteroatoms. The maximum Gasteiger partial charge on any atom is 0.164 e. The molecule has 0 radical (unpaired) electrons. The number of aromatic nitrogens is 6. The second kappa shape index (κ2) is 6.55. The van der Waals surface area contributed by atoms with Gasteiger partial charge in [0.15, 0.2) is 11.5 Å². The lowest BCUT2D eigenvalue weighted by Gasteiger charge is -2.20. The molecule has 1 fully saturated rings. The van der Waals surface area contributed by atoms with Crippen molar-refractivity contribution in [3.05, 3.63) is 40.0 Å². The van der Waals surface area contributed by atoms with E-state index in [0.717, 1.165) is 44.7 Å². The van der Waals surface area contributed by atoms with Gasteiger partial charge in [-0.15, -0.1) is 0 Å². The molecule has 0 amide bonds. The Bertz CT molecular complexity index is 1150. The molecule has 0 aliphatic carbocycles. The summed E-state index contributed by atoms with van der Waals surface area (Å²) in [5.41, 5.74) is 9.43. The molecular weight excluding hydrogens is 455 g/mol. The molecular formula is C18H17IN8. The maximum atomic E-state index is 6.02. The molecule has 5 rings (SSSR count). The fourth-order valence-electron chi connectivity index (χ4n) is 3.55. The second-order valence-electron chi connectivity index (χ2n) is 6.58. The first-order valence-corrected chi connectivity index (χ1v) is 9.91. The number of nitrogens with two attached hydrogens (primary N) is 1. The minimum Gasteiger partial charge on any atom is -0.383 e. The third kappa shape index (κ3) is 2.85. The van der Waals surface area contributed by atoms with Crippen LogP contribution in [0, 0.1) is 3.70 Å². The highest BCUT2D eigenvalue weighted by Gasteiger charge is 2.21. The van der Waals surface area contributed by atoms with Gasteiger partial charge < -0.3 is 10.6 Å². The molecule has 0 unspecified atom stereocenters. The van der Waals surface area contributed by atoms with Crippen LogP contribution < -0.4 is 10.6 Å². The van der Waals surface area contributed by atoms with E-state index in [0.29, 0.717) is 18.0 Å². The quantitative estimate of drug-likeness (QED) is 0.458. The van der Waals surface area contributed by atoms with Crippen LogP contribution >= 0.6 is 22.6 Å². The largest absolute Gasteiger partial charge is 0.383 e. The normalized spacial score (nSPS) is 14.5. The number of hydrogen-bond acceptors (Lipinski definition) is 7. The molecule has 3 aromatic heterocycles. The van der Waals surface area contributed by atoms with Crippen molar-refractivity contribution in [2.24, 2.45) is 0 Å². The Balaban J connectivity index is 1.66. The number of anilines is 2. The van der Waals surface area contributed by atoms with Crippen LogP contribution in [0.25, 0.3) is 22.1 Å². The Morgan fingerprint density at radius 3 is 2.56 bits per heavy atom. The van der Waals surface area contributed by atoms with E-state index < -0.39 is 0 Å². The monoisotopic (exact) mass is 472 g/mol. The molecule has 1 aliphatic heterocycles. The fourth-order valence-corrected chi connectivity index (χ4v) is 4.33. The highest BCUT2D eigenvalue weighted by atomic mass is 127. The van der Waals surface area contributed by atoms with Gasteiger partial charge in [0.2, 0.25) is 0 Å². The molecule has 0 spiro atoms. The van der Waals surface area contributed by atoms with Gasteiger partial charge in [0.25, 0.3) is 0 Å². The van der Waals surface area contributed by atoms with Crippen LogP contribution in [0.15, 0.2) is 30.6 Å². The fraction of sp³-hybridized carbons (Fsp3) is 0.278. The van der Waals surface area contributed by atoms with E-state index in [4.69, 9.17) is 15.7 Å². The van der Waals surface area contributed by atoms with Crippen LogP contribution in [-0.4, -0.2) is 42.8 Å². The van der Waals surface area contributed by atoms with Gasteiger partial charge in [-0.25, -0.2) is 24.6 Å². The summed E-state index contributed by atoms with van der Waals surface area (Å²) in [6.07, 6.45) is 3.83. The number of nitrogens with zero attached hydrogens (tertiary/aromatic N) is 7. The first-order chi connectivity index (χ1) is 13.2. The summed E-state index contributed by atoms with van der Waals surface area (Å²) in [4.78, 5) is 20.6. The molecule has 8 nitrogen and oxygen atoms in total. The lowest BCUT2D eigenvalue weighted by molar-refractivity contribution is 0.679. The Morgan fingerprint density at radius 2 is 1.78 bits per heavy atom. The predicted octanol–water partition coefficient (Wildman–Crippen LogP) is 2.60. The van der Waals surface area contributed by atoms with Crippen molar-refractivity contribution in [1.82, 2.24) is 29.7 Å². The van der Waals surface area contributed by atoms with Gasteiger partial charge in [0, 0.05) is 13.1 Å². The zero-order valence-electron chi connectivity index (χ0n) is 14.5. The Hall–Kier alpha value is -2.56. The summed E-state index contributed by atoms with van der Waals surface area (Å²) in [7, 11) is 0. The second-order valence-corrected chi connectivity index (χ2v) is 7.60. The molecule has 27 heavy (non-hydrogen) atoms. The average Bonchev–Trinajstić information content (AvgIpc) is 3.31. The standard InChI is InChI=1S/C18H17IN8/c19-15-14-16(20)21-10-22-18(14)27(25-15)9-13-17(26-7-3-4-8-26)24-12-6-2-1-5-11(12)23-13/h1-2,5-6,10H,3-4,7-9H2,(H2,20,21,22). The smallest absolute Gasteiger partial charge is 0.164 e. The van der Waals surface area contributed by atoms with Crippen LogP contribution in [-0.2, 0) is 6.54 Å². The molecule has 1 aliphatic rings. The first kappa shape index (κ1) is 16.6. The molecule has 0 atom stereocenters. The number of rotatable bonds is 3. The van der Waals surface area contributed by atoms with Crippen LogP contribution in [0.4, 0.5) is 11.6 Å². The van der Waals surface area contributed by atoms with Crippen LogP contribution in [0.5, 0.6) is 0 Å². The van der Waals surface area contributed by atoms with Crippen molar-refractivity contribution < 1.29 is 0 Å². The van der Waals surface area contributed by atoms with E-state index in [1.165, 1.54) is 19.2 Å². The zero-order valence-corrected chi connectivity index (χ0v) is 16.7. The van der Waals surface area contributed by atoms with Crippen molar-refractivity contribution in [3.63, 3.8) is 0 Å². The van der Waals surface area contributed by atoms with Crippen LogP contribution in [0.1, 0.15) is 18.5 Å². The minimum atomic E-state index is 0.444. The van der Waals surface area contributed by atoms with E-state index in [2.05, 4.69) is 42.6 Å². The molecule has 136 valence electrons. The van der Waals surface area contributed by atoms with Crippen LogP contribution in [0.3, 0.4) is 0 Å². The number of nitrogen functional groups attached to an aromatic ring is 1. The highest BCUT2D eigenvalue weighted by Crippen LogP contribution is 2.27. The van der Waals surface area contributed by atoms with Gasteiger partial charge in [-0.3, -0.25) is 0 Å². The highest BCUT2D eigenvalue weighted by molar-refractivity contribution is 14.1. The van der Waals surface area contributed by atoms with Crippen LogP contribution in [0.2, 0.25) is 0 Å². The number of hydrogen-bond donors (Lipinski definition) is 1. The van der Waals surface area contributed by atoms with Gasteiger partial charge in [-0.05, 0) is 47.6 Å².